The van der Waals surface area contributed by atoms with Gasteiger partial charge in [0.25, 0.3) is 0 Å². The van der Waals surface area contributed by atoms with Crippen molar-refractivity contribution in [1.82, 2.24) is 10.2 Å². The molecule has 0 bridgehead atoms. The molecule has 0 aliphatic rings. The lowest BCUT2D eigenvalue weighted by molar-refractivity contribution is 0.399. The molecule has 0 spiro atoms. The van der Waals surface area contributed by atoms with Crippen LogP contribution in [-0.4, -0.2) is 10.2 Å². The maximum Gasteiger partial charge on any atom is 0.250 e. The zero-order valence-electron chi connectivity index (χ0n) is 10.6. The molecule has 1 heterocycles. The van der Waals surface area contributed by atoms with Gasteiger partial charge < -0.3 is 10.2 Å². The topological polar surface area (TPSA) is 64.9 Å². The van der Waals surface area contributed by atoms with E-state index in [1.165, 1.54) is 0 Å². The van der Waals surface area contributed by atoms with Gasteiger partial charge in [0.2, 0.25) is 11.8 Å². The summed E-state index contributed by atoms with van der Waals surface area (Å²) in [6.45, 7) is 8.08. The van der Waals surface area contributed by atoms with E-state index in [1.54, 1.807) is 0 Å². The van der Waals surface area contributed by atoms with Gasteiger partial charge in [-0.3, -0.25) is 0 Å². The van der Waals surface area contributed by atoms with Gasteiger partial charge in [-0.2, -0.15) is 0 Å². The first-order valence-corrected chi connectivity index (χ1v) is 5.59. The Morgan fingerprint density at radius 3 is 2.41 bits per heavy atom. The van der Waals surface area contributed by atoms with E-state index in [2.05, 4.69) is 10.2 Å². The second-order valence-electron chi connectivity index (χ2n) is 5.20. The number of anilines is 1. The van der Waals surface area contributed by atoms with Crippen LogP contribution in [0, 0.1) is 6.92 Å². The smallest absolute Gasteiger partial charge is 0.250 e. The number of aryl methyl sites for hydroxylation is 1. The minimum Gasteiger partial charge on any atom is -0.420 e. The zero-order chi connectivity index (χ0) is 12.6. The maximum absolute atomic E-state index is 5.94. The molecule has 2 N–H and O–H groups in total. The summed E-state index contributed by atoms with van der Waals surface area (Å²) in [6, 6.07) is 5.73. The molecule has 17 heavy (non-hydrogen) atoms. The van der Waals surface area contributed by atoms with Crippen molar-refractivity contribution in [3.63, 3.8) is 0 Å². The number of hydrogen-bond acceptors (Lipinski definition) is 4. The van der Waals surface area contributed by atoms with E-state index in [4.69, 9.17) is 10.2 Å². The highest BCUT2D eigenvalue weighted by molar-refractivity contribution is 5.73. The van der Waals surface area contributed by atoms with Crippen molar-refractivity contribution in [3.05, 3.63) is 29.7 Å². The SMILES string of the molecule is Cc1cccc(N)c1-c1nnc(C(C)(C)C)o1. The molecule has 0 aliphatic heterocycles. The van der Waals surface area contributed by atoms with E-state index in [9.17, 15) is 0 Å². The van der Waals surface area contributed by atoms with Gasteiger partial charge in [0.15, 0.2) is 0 Å². The Hall–Kier alpha value is -1.84. The molecule has 1 aromatic heterocycles. The standard InChI is InChI=1S/C13H17N3O/c1-8-6-5-7-9(14)10(8)11-15-16-12(17-11)13(2,3)4/h5-7H,14H2,1-4H3. The van der Waals surface area contributed by atoms with Gasteiger partial charge in [-0.1, -0.05) is 32.9 Å². The number of aromatic nitrogens is 2. The lowest BCUT2D eigenvalue weighted by atomic mass is 9.97. The van der Waals surface area contributed by atoms with Crippen molar-refractivity contribution in [2.24, 2.45) is 0 Å². The Balaban J connectivity index is 2.51. The first kappa shape index (κ1) is 11.6. The predicted molar refractivity (Wildman–Crippen MR) is 67.6 cm³/mol. The van der Waals surface area contributed by atoms with E-state index >= 15 is 0 Å². The van der Waals surface area contributed by atoms with Gasteiger partial charge >= 0.3 is 0 Å². The third-order valence-corrected chi connectivity index (χ3v) is 2.59. The Morgan fingerprint density at radius 1 is 1.18 bits per heavy atom. The number of rotatable bonds is 1. The lowest BCUT2D eigenvalue weighted by Crippen LogP contribution is -2.11. The quantitative estimate of drug-likeness (QED) is 0.766. The zero-order valence-corrected chi connectivity index (χ0v) is 10.6. The third-order valence-electron chi connectivity index (χ3n) is 2.59. The largest absolute Gasteiger partial charge is 0.420 e. The normalized spacial score (nSPS) is 11.8. The van der Waals surface area contributed by atoms with Crippen molar-refractivity contribution >= 4 is 5.69 Å². The first-order valence-electron chi connectivity index (χ1n) is 5.59. The lowest BCUT2D eigenvalue weighted by Gasteiger charge is -2.11. The van der Waals surface area contributed by atoms with Crippen molar-refractivity contribution in [2.75, 3.05) is 5.73 Å². The van der Waals surface area contributed by atoms with E-state index in [0.717, 1.165) is 11.1 Å². The highest BCUT2D eigenvalue weighted by atomic mass is 16.4. The van der Waals surface area contributed by atoms with Gasteiger partial charge in [-0.25, -0.2) is 0 Å². The van der Waals surface area contributed by atoms with Gasteiger partial charge in [0.05, 0.1) is 5.56 Å². The van der Waals surface area contributed by atoms with Gasteiger partial charge in [0.1, 0.15) is 0 Å². The predicted octanol–water partition coefficient (Wildman–Crippen LogP) is 2.92. The van der Waals surface area contributed by atoms with Gasteiger partial charge in [-0.15, -0.1) is 10.2 Å². The molecule has 2 aromatic rings. The minimum atomic E-state index is -0.150. The summed E-state index contributed by atoms with van der Waals surface area (Å²) in [7, 11) is 0. The van der Waals surface area contributed by atoms with Crippen LogP contribution in [0.5, 0.6) is 0 Å². The summed E-state index contributed by atoms with van der Waals surface area (Å²) >= 11 is 0. The number of nitrogens with two attached hydrogens (primary N) is 1. The summed E-state index contributed by atoms with van der Waals surface area (Å²) in [5.74, 6) is 1.11. The van der Waals surface area contributed by atoms with Crippen LogP contribution in [0.2, 0.25) is 0 Å². The van der Waals surface area contributed by atoms with Crippen molar-refractivity contribution in [3.8, 4) is 11.5 Å². The second kappa shape index (κ2) is 3.87. The molecule has 0 saturated heterocycles. The molecule has 0 unspecified atom stereocenters. The number of nitrogen functional groups attached to an aromatic ring is 1. The average Bonchev–Trinajstić information content (AvgIpc) is 2.65. The second-order valence-corrected chi connectivity index (χ2v) is 5.20. The summed E-state index contributed by atoms with van der Waals surface area (Å²) < 4.78 is 5.69. The Morgan fingerprint density at radius 2 is 1.88 bits per heavy atom. The molecule has 0 aliphatic carbocycles. The molecular weight excluding hydrogens is 214 g/mol. The fraction of sp³-hybridized carbons (Fsp3) is 0.385. The summed E-state index contributed by atoms with van der Waals surface area (Å²) in [4.78, 5) is 0. The molecule has 4 heteroatoms. The maximum atomic E-state index is 5.94. The molecule has 4 nitrogen and oxygen atoms in total. The monoisotopic (exact) mass is 231 g/mol. The summed E-state index contributed by atoms with van der Waals surface area (Å²) in [5.41, 5.74) is 8.32. The molecule has 0 atom stereocenters. The van der Waals surface area contributed by atoms with Crippen molar-refractivity contribution < 1.29 is 4.42 Å². The van der Waals surface area contributed by atoms with Crippen LogP contribution < -0.4 is 5.73 Å². The van der Waals surface area contributed by atoms with Crippen LogP contribution in [0.4, 0.5) is 5.69 Å². The van der Waals surface area contributed by atoms with Crippen LogP contribution in [0.1, 0.15) is 32.2 Å². The molecule has 0 fully saturated rings. The molecule has 0 saturated carbocycles. The molecule has 0 radical (unpaired) electrons. The van der Waals surface area contributed by atoms with E-state index in [-0.39, 0.29) is 5.41 Å². The van der Waals surface area contributed by atoms with Crippen LogP contribution >= 0.6 is 0 Å². The number of nitrogens with zero attached hydrogens (tertiary/aromatic N) is 2. The summed E-state index contributed by atoms with van der Waals surface area (Å²) in [5, 5.41) is 8.15. The average molecular weight is 231 g/mol. The highest BCUT2D eigenvalue weighted by Gasteiger charge is 2.23. The van der Waals surface area contributed by atoms with Crippen LogP contribution in [0.15, 0.2) is 22.6 Å². The molecule has 1 aromatic carbocycles. The van der Waals surface area contributed by atoms with Crippen molar-refractivity contribution in [2.45, 2.75) is 33.1 Å². The van der Waals surface area contributed by atoms with E-state index in [0.29, 0.717) is 17.5 Å². The molecule has 2 rings (SSSR count). The molecular formula is C13H17N3O. The van der Waals surface area contributed by atoms with E-state index in [1.807, 2.05) is 45.9 Å². The highest BCUT2D eigenvalue weighted by Crippen LogP contribution is 2.30. The van der Waals surface area contributed by atoms with Crippen LogP contribution in [-0.2, 0) is 5.41 Å². The summed E-state index contributed by atoms with van der Waals surface area (Å²) in [6.07, 6.45) is 0. The number of hydrogen-bond donors (Lipinski definition) is 1. The third kappa shape index (κ3) is 2.16. The molecule has 0 amide bonds. The fourth-order valence-corrected chi connectivity index (χ4v) is 1.61. The Bertz CT molecular complexity index is 518. The Labute approximate surface area is 101 Å². The molecule has 90 valence electrons. The van der Waals surface area contributed by atoms with Gasteiger partial charge in [-0.05, 0) is 18.6 Å². The Kier molecular flexibility index (Phi) is 2.65. The van der Waals surface area contributed by atoms with Crippen LogP contribution in [0.25, 0.3) is 11.5 Å². The number of benzene rings is 1. The van der Waals surface area contributed by atoms with Crippen molar-refractivity contribution in [1.29, 1.82) is 0 Å². The van der Waals surface area contributed by atoms with Gasteiger partial charge in [0, 0.05) is 11.1 Å². The fourth-order valence-electron chi connectivity index (χ4n) is 1.61. The van der Waals surface area contributed by atoms with Crippen LogP contribution in [0.3, 0.4) is 0 Å². The first-order chi connectivity index (χ1) is 7.89. The van der Waals surface area contributed by atoms with E-state index < -0.39 is 0 Å². The minimum absolute atomic E-state index is 0.150.